The second-order valence-electron chi connectivity index (χ2n) is 6.07. The Labute approximate surface area is 185 Å². The predicted molar refractivity (Wildman–Crippen MR) is 127 cm³/mol. The van der Waals surface area contributed by atoms with Gasteiger partial charge in [-0.25, -0.2) is 4.98 Å². The number of aliphatic hydroxyl groups is 1. The second kappa shape index (κ2) is 10.9. The molecular weight excluding hydrogens is 491 g/mol. The van der Waals surface area contributed by atoms with Crippen molar-refractivity contribution in [3.05, 3.63) is 51.3 Å². The fraction of sp³-hybridized carbons (Fsp3) is 0.368. The van der Waals surface area contributed by atoms with Crippen molar-refractivity contribution in [1.29, 1.82) is 0 Å². The summed E-state index contributed by atoms with van der Waals surface area (Å²) in [6.07, 6.45) is 1.41. The Bertz CT molecular complexity index is 844. The Morgan fingerprint density at radius 2 is 2.11 bits per heavy atom. The molecule has 0 radical (unpaired) electrons. The molecule has 2 aromatic heterocycles. The summed E-state index contributed by atoms with van der Waals surface area (Å²) < 4.78 is 1.20. The van der Waals surface area contributed by atoms with Crippen molar-refractivity contribution in [3.63, 3.8) is 0 Å². The number of aliphatic imine (C=N–C) groups is 1. The number of thiophene rings is 1. The van der Waals surface area contributed by atoms with Crippen LogP contribution in [0.4, 0.5) is 0 Å². The number of aliphatic hydroxyl groups excluding tert-OH is 1. The van der Waals surface area contributed by atoms with Gasteiger partial charge >= 0.3 is 0 Å². The number of hydrogen-bond acceptors (Lipinski definition) is 5. The number of guanidine groups is 1. The number of aryl methyl sites for hydroxylation is 2. The Balaban J connectivity index is 0.00000261. The van der Waals surface area contributed by atoms with Gasteiger partial charge in [0.2, 0.25) is 0 Å². The maximum atomic E-state index is 10.4. The van der Waals surface area contributed by atoms with Crippen LogP contribution in [0.5, 0.6) is 0 Å². The largest absolute Gasteiger partial charge is 0.386 e. The van der Waals surface area contributed by atoms with Crippen molar-refractivity contribution in [2.75, 3.05) is 20.1 Å². The zero-order valence-electron chi connectivity index (χ0n) is 15.4. The van der Waals surface area contributed by atoms with E-state index in [1.54, 1.807) is 29.7 Å². The van der Waals surface area contributed by atoms with Crippen LogP contribution < -0.4 is 10.6 Å². The minimum absolute atomic E-state index is 0. The highest BCUT2D eigenvalue weighted by Gasteiger charge is 2.12. The molecule has 0 aliphatic rings. The van der Waals surface area contributed by atoms with E-state index in [0.29, 0.717) is 12.5 Å². The third-order valence-corrected chi connectivity index (χ3v) is 6.23. The van der Waals surface area contributed by atoms with Gasteiger partial charge in [0.05, 0.1) is 5.01 Å². The number of fused-ring (bicyclic) bond motifs is 1. The van der Waals surface area contributed by atoms with Crippen LogP contribution >= 0.6 is 46.7 Å². The second-order valence-corrected chi connectivity index (χ2v) is 8.13. The number of benzene rings is 1. The van der Waals surface area contributed by atoms with Crippen molar-refractivity contribution in [2.24, 2.45) is 4.99 Å². The third-order valence-electron chi connectivity index (χ3n) is 3.99. The Morgan fingerprint density at radius 3 is 2.81 bits per heavy atom. The number of halogens is 1. The van der Waals surface area contributed by atoms with Crippen LogP contribution in [-0.2, 0) is 6.42 Å². The quantitative estimate of drug-likeness (QED) is 0.191. The summed E-state index contributed by atoms with van der Waals surface area (Å²) in [7, 11) is 1.74. The molecule has 5 nitrogen and oxygen atoms in total. The first-order chi connectivity index (χ1) is 12.7. The van der Waals surface area contributed by atoms with Gasteiger partial charge in [-0.1, -0.05) is 18.2 Å². The topological polar surface area (TPSA) is 69.5 Å². The molecule has 8 heteroatoms. The zero-order valence-corrected chi connectivity index (χ0v) is 19.4. The van der Waals surface area contributed by atoms with Crippen LogP contribution in [0.15, 0.2) is 40.7 Å². The minimum atomic E-state index is -0.552. The fourth-order valence-corrected chi connectivity index (χ4v) is 4.51. The van der Waals surface area contributed by atoms with Crippen LogP contribution in [0, 0.1) is 6.92 Å². The molecule has 0 saturated heterocycles. The van der Waals surface area contributed by atoms with Gasteiger partial charge in [0.15, 0.2) is 5.96 Å². The molecule has 0 fully saturated rings. The SMILES string of the molecule is CN=C(NCCCc1nc(C)cs1)NCC(O)c1cc2ccccc2s1.I. The average molecular weight is 516 g/mol. The van der Waals surface area contributed by atoms with Crippen molar-refractivity contribution in [2.45, 2.75) is 25.9 Å². The number of hydrogen-bond donors (Lipinski definition) is 3. The van der Waals surface area contributed by atoms with Crippen molar-refractivity contribution < 1.29 is 5.11 Å². The highest BCUT2D eigenvalue weighted by Crippen LogP contribution is 2.29. The Kier molecular flexibility index (Phi) is 8.94. The number of nitrogens with zero attached hydrogens (tertiary/aromatic N) is 2. The van der Waals surface area contributed by atoms with E-state index >= 15 is 0 Å². The number of rotatable bonds is 7. The number of aromatic nitrogens is 1. The Hall–Kier alpha value is -1.23. The molecular formula is C19H25IN4OS2. The van der Waals surface area contributed by atoms with E-state index in [0.717, 1.165) is 30.0 Å². The first-order valence-corrected chi connectivity index (χ1v) is 10.4. The van der Waals surface area contributed by atoms with Crippen LogP contribution in [0.2, 0.25) is 0 Å². The first-order valence-electron chi connectivity index (χ1n) is 8.68. The van der Waals surface area contributed by atoms with Gasteiger partial charge in [0, 0.05) is 47.2 Å². The molecule has 1 aromatic carbocycles. The van der Waals surface area contributed by atoms with Crippen LogP contribution in [0.25, 0.3) is 10.1 Å². The summed E-state index contributed by atoms with van der Waals surface area (Å²) in [5.41, 5.74) is 1.09. The summed E-state index contributed by atoms with van der Waals surface area (Å²) in [4.78, 5) is 9.66. The Morgan fingerprint density at radius 1 is 1.30 bits per heavy atom. The molecule has 27 heavy (non-hydrogen) atoms. The molecule has 1 atom stereocenters. The zero-order chi connectivity index (χ0) is 18.4. The average Bonchev–Trinajstić information content (AvgIpc) is 3.26. The highest BCUT2D eigenvalue weighted by molar-refractivity contribution is 14.0. The summed E-state index contributed by atoms with van der Waals surface area (Å²) >= 11 is 3.34. The van der Waals surface area contributed by atoms with Gasteiger partial charge in [-0.05, 0) is 30.9 Å². The molecule has 2 heterocycles. The van der Waals surface area contributed by atoms with Crippen molar-refractivity contribution in [3.8, 4) is 0 Å². The van der Waals surface area contributed by atoms with E-state index in [-0.39, 0.29) is 24.0 Å². The van der Waals surface area contributed by atoms with E-state index in [1.807, 2.05) is 19.1 Å². The smallest absolute Gasteiger partial charge is 0.191 e. The van der Waals surface area contributed by atoms with E-state index in [1.165, 1.54) is 15.1 Å². The summed E-state index contributed by atoms with van der Waals surface area (Å²) in [5.74, 6) is 0.709. The van der Waals surface area contributed by atoms with E-state index in [2.05, 4.69) is 44.2 Å². The summed E-state index contributed by atoms with van der Waals surface area (Å²) in [6.45, 7) is 3.27. The standard InChI is InChI=1S/C19H24N4OS2.HI/c1-13-12-25-18(23-13)8-5-9-21-19(20-2)22-11-15(24)17-10-14-6-3-4-7-16(14)26-17;/h3-4,6-7,10,12,15,24H,5,8-9,11H2,1-2H3,(H2,20,21,22);1H. The van der Waals surface area contributed by atoms with Gasteiger partial charge in [0.1, 0.15) is 6.10 Å². The molecule has 0 bridgehead atoms. The lowest BCUT2D eigenvalue weighted by Gasteiger charge is -2.14. The molecule has 3 rings (SSSR count). The molecule has 3 N–H and O–H groups in total. The molecule has 0 saturated carbocycles. The lowest BCUT2D eigenvalue weighted by Crippen LogP contribution is -2.39. The lowest BCUT2D eigenvalue weighted by atomic mass is 10.2. The third kappa shape index (κ3) is 6.41. The summed E-state index contributed by atoms with van der Waals surface area (Å²) in [6, 6.07) is 10.2. The summed E-state index contributed by atoms with van der Waals surface area (Å²) in [5, 5.41) is 21.4. The maximum Gasteiger partial charge on any atom is 0.191 e. The molecule has 146 valence electrons. The molecule has 0 aliphatic heterocycles. The lowest BCUT2D eigenvalue weighted by molar-refractivity contribution is 0.184. The van der Waals surface area contributed by atoms with E-state index in [9.17, 15) is 5.11 Å². The van der Waals surface area contributed by atoms with Crippen LogP contribution in [-0.4, -0.2) is 36.2 Å². The van der Waals surface area contributed by atoms with Crippen molar-refractivity contribution in [1.82, 2.24) is 15.6 Å². The maximum absolute atomic E-state index is 10.4. The van der Waals surface area contributed by atoms with Gasteiger partial charge in [0.25, 0.3) is 0 Å². The monoisotopic (exact) mass is 516 g/mol. The van der Waals surface area contributed by atoms with Crippen LogP contribution in [0.3, 0.4) is 0 Å². The molecule has 0 spiro atoms. The van der Waals surface area contributed by atoms with E-state index < -0.39 is 6.10 Å². The number of nitrogens with one attached hydrogen (secondary N) is 2. The fourth-order valence-electron chi connectivity index (χ4n) is 2.65. The molecule has 1 unspecified atom stereocenters. The van der Waals surface area contributed by atoms with Gasteiger partial charge < -0.3 is 15.7 Å². The van der Waals surface area contributed by atoms with Gasteiger partial charge in [-0.2, -0.15) is 0 Å². The van der Waals surface area contributed by atoms with Gasteiger partial charge in [-0.15, -0.1) is 46.7 Å². The van der Waals surface area contributed by atoms with Crippen molar-refractivity contribution >= 4 is 62.7 Å². The van der Waals surface area contributed by atoms with E-state index in [4.69, 9.17) is 0 Å². The highest BCUT2D eigenvalue weighted by atomic mass is 127. The normalized spacial score (nSPS) is 12.6. The predicted octanol–water partition coefficient (Wildman–Crippen LogP) is 4.12. The van der Waals surface area contributed by atoms with Crippen LogP contribution in [0.1, 0.15) is 28.1 Å². The molecule has 0 amide bonds. The van der Waals surface area contributed by atoms with Gasteiger partial charge in [-0.3, -0.25) is 4.99 Å². The molecule has 3 aromatic rings. The molecule has 0 aliphatic carbocycles. The number of thiazole rings is 1. The first kappa shape index (κ1) is 22.1. The minimum Gasteiger partial charge on any atom is -0.386 e.